The van der Waals surface area contributed by atoms with Crippen LogP contribution in [0, 0.1) is 17.0 Å². The number of rotatable bonds is 8. The fraction of sp³-hybridized carbons (Fsp3) is 0.273. The smallest absolute Gasteiger partial charge is 0.282 e. The lowest BCUT2D eigenvalue weighted by Crippen LogP contribution is -2.21. The van der Waals surface area contributed by atoms with Gasteiger partial charge in [-0.3, -0.25) is 19.6 Å². The topological polar surface area (TPSA) is 99.3 Å². The molecule has 0 radical (unpaired) electrons. The molecule has 0 bridgehead atoms. The monoisotopic (exact) mass is 476 g/mol. The molecule has 172 valence electrons. The Hall–Kier alpha value is -3.53. The van der Waals surface area contributed by atoms with Crippen LogP contribution in [0.15, 0.2) is 42.5 Å². The summed E-state index contributed by atoms with van der Waals surface area (Å²) < 4.78 is 33.1. The summed E-state index contributed by atoms with van der Waals surface area (Å²) in [5, 5.41) is 18.3. The van der Waals surface area contributed by atoms with Crippen molar-refractivity contribution < 1.29 is 23.2 Å². The summed E-state index contributed by atoms with van der Waals surface area (Å²) in [4.78, 5) is 23.4. The summed E-state index contributed by atoms with van der Waals surface area (Å²) >= 11 is 6.01. The molecule has 1 heterocycles. The molecule has 0 unspecified atom stereocenters. The molecule has 1 fully saturated rings. The number of nitrogens with one attached hydrogen (secondary N) is 1. The van der Waals surface area contributed by atoms with Crippen LogP contribution in [0.5, 0.6) is 11.5 Å². The minimum Gasteiger partial charge on any atom is -0.457 e. The van der Waals surface area contributed by atoms with Crippen molar-refractivity contribution >= 4 is 28.9 Å². The van der Waals surface area contributed by atoms with Gasteiger partial charge in [0, 0.05) is 28.8 Å². The first-order chi connectivity index (χ1) is 15.7. The minimum atomic E-state index is -2.74. The van der Waals surface area contributed by atoms with Crippen LogP contribution in [0.2, 0.25) is 5.02 Å². The molecule has 1 amide bonds. The fourth-order valence-electron chi connectivity index (χ4n) is 3.37. The molecule has 0 aliphatic heterocycles. The Morgan fingerprint density at radius 2 is 2.03 bits per heavy atom. The summed E-state index contributed by atoms with van der Waals surface area (Å²) in [6.45, 7) is 1.49. The molecule has 11 heteroatoms. The van der Waals surface area contributed by atoms with Gasteiger partial charge >= 0.3 is 0 Å². The third-order valence-corrected chi connectivity index (χ3v) is 5.52. The molecule has 8 nitrogen and oxygen atoms in total. The number of ether oxygens (including phenoxy) is 1. The first kappa shape index (κ1) is 22.7. The van der Waals surface area contributed by atoms with Gasteiger partial charge in [-0.05, 0) is 49.6 Å². The van der Waals surface area contributed by atoms with Crippen LogP contribution < -0.4 is 10.1 Å². The first-order valence-corrected chi connectivity index (χ1v) is 10.5. The Morgan fingerprint density at radius 1 is 1.27 bits per heavy atom. The van der Waals surface area contributed by atoms with Crippen LogP contribution >= 0.6 is 11.6 Å². The van der Waals surface area contributed by atoms with E-state index in [0.717, 1.165) is 18.4 Å². The molecule has 1 aliphatic rings. The second kappa shape index (κ2) is 9.14. The highest BCUT2D eigenvalue weighted by atomic mass is 35.5. The van der Waals surface area contributed by atoms with Crippen LogP contribution in [0.3, 0.4) is 0 Å². The molecule has 33 heavy (non-hydrogen) atoms. The van der Waals surface area contributed by atoms with Crippen LogP contribution in [0.4, 0.5) is 20.2 Å². The number of amides is 1. The van der Waals surface area contributed by atoms with Gasteiger partial charge in [-0.15, -0.1) is 0 Å². The second-order valence-corrected chi connectivity index (χ2v) is 8.17. The van der Waals surface area contributed by atoms with E-state index in [1.54, 1.807) is 25.1 Å². The van der Waals surface area contributed by atoms with E-state index in [-0.39, 0.29) is 35.3 Å². The minimum absolute atomic E-state index is 0.110. The van der Waals surface area contributed by atoms with Crippen molar-refractivity contribution in [1.29, 1.82) is 0 Å². The van der Waals surface area contributed by atoms with E-state index >= 15 is 0 Å². The fourth-order valence-corrected chi connectivity index (χ4v) is 3.48. The Balaban J connectivity index is 1.54. The lowest BCUT2D eigenvalue weighted by molar-refractivity contribution is -0.384. The molecule has 0 saturated heterocycles. The number of non-ortho nitro benzene ring substituents is 1. The highest BCUT2D eigenvalue weighted by Gasteiger charge is 2.30. The zero-order chi connectivity index (χ0) is 23.7. The zero-order valence-corrected chi connectivity index (χ0v) is 18.2. The predicted octanol–water partition coefficient (Wildman–Crippen LogP) is 6.00. The molecular formula is C22H19ClF2N4O4. The summed E-state index contributed by atoms with van der Waals surface area (Å²) in [5.41, 5.74) is 0.813. The molecule has 1 saturated carbocycles. The number of nitro benzene ring substituents is 1. The predicted molar refractivity (Wildman–Crippen MR) is 117 cm³/mol. The van der Waals surface area contributed by atoms with Crippen molar-refractivity contribution in [3.8, 4) is 11.5 Å². The maximum atomic E-state index is 13.1. The highest BCUT2D eigenvalue weighted by molar-refractivity contribution is 6.31. The SMILES string of the molecule is Cc1cc(Oc2cc(NC(=O)Cn3nc(C(F)F)cc3C3CC3)cc([N+](=O)[O-])c2)ccc1Cl. The normalized spacial score (nSPS) is 13.2. The quantitative estimate of drug-likeness (QED) is 0.317. The summed E-state index contributed by atoms with van der Waals surface area (Å²) in [6.07, 6.45) is -1.03. The number of halogens is 3. The molecule has 4 rings (SSSR count). The molecule has 3 aromatic rings. The van der Waals surface area contributed by atoms with E-state index in [0.29, 0.717) is 16.5 Å². The van der Waals surface area contributed by atoms with E-state index in [1.807, 2.05) is 0 Å². The van der Waals surface area contributed by atoms with Gasteiger partial charge in [0.05, 0.1) is 16.7 Å². The Bertz CT molecular complexity index is 1230. The first-order valence-electron chi connectivity index (χ1n) is 10.1. The van der Waals surface area contributed by atoms with Crippen LogP contribution in [0.25, 0.3) is 0 Å². The van der Waals surface area contributed by atoms with E-state index in [4.69, 9.17) is 16.3 Å². The van der Waals surface area contributed by atoms with Crippen molar-refractivity contribution in [3.63, 3.8) is 0 Å². The standard InChI is InChI=1S/C22H19ClF2N4O4/c1-12-6-16(4-5-18(12)23)33-17-8-14(7-15(9-17)29(31)32)26-21(30)11-28-20(13-2-3-13)10-19(27-28)22(24)25/h4-10,13,22H,2-3,11H2,1H3,(H,26,30). The highest BCUT2D eigenvalue weighted by Crippen LogP contribution is 2.41. The lowest BCUT2D eigenvalue weighted by atomic mass is 10.2. The van der Waals surface area contributed by atoms with Gasteiger partial charge < -0.3 is 10.1 Å². The number of hydrogen-bond donors (Lipinski definition) is 1. The largest absolute Gasteiger partial charge is 0.457 e. The summed E-state index contributed by atoms with van der Waals surface area (Å²) in [6, 6.07) is 10.1. The number of aromatic nitrogens is 2. The molecular weight excluding hydrogens is 458 g/mol. The zero-order valence-electron chi connectivity index (χ0n) is 17.4. The number of benzene rings is 2. The molecule has 1 aromatic heterocycles. The number of nitrogens with zero attached hydrogens (tertiary/aromatic N) is 3. The Labute approximate surface area is 192 Å². The summed E-state index contributed by atoms with van der Waals surface area (Å²) in [7, 11) is 0. The average Bonchev–Trinajstić information content (AvgIpc) is 3.50. The molecule has 1 N–H and O–H groups in total. The average molecular weight is 477 g/mol. The number of carbonyl (C=O) groups excluding carboxylic acids is 1. The molecule has 1 aliphatic carbocycles. The van der Waals surface area contributed by atoms with Gasteiger partial charge in [-0.25, -0.2) is 8.78 Å². The van der Waals surface area contributed by atoms with Crippen LogP contribution in [0.1, 0.15) is 42.1 Å². The number of hydrogen-bond acceptors (Lipinski definition) is 5. The van der Waals surface area contributed by atoms with Crippen molar-refractivity contribution in [2.45, 2.75) is 38.7 Å². The molecule has 0 spiro atoms. The van der Waals surface area contributed by atoms with Crippen molar-refractivity contribution in [2.24, 2.45) is 0 Å². The van der Waals surface area contributed by atoms with Gasteiger partial charge in [0.2, 0.25) is 5.91 Å². The number of alkyl halides is 2. The van der Waals surface area contributed by atoms with E-state index < -0.39 is 17.3 Å². The van der Waals surface area contributed by atoms with Gasteiger partial charge in [0.15, 0.2) is 0 Å². The van der Waals surface area contributed by atoms with Gasteiger partial charge in [-0.2, -0.15) is 5.10 Å². The molecule has 2 aromatic carbocycles. The van der Waals surface area contributed by atoms with E-state index in [2.05, 4.69) is 10.4 Å². The third-order valence-electron chi connectivity index (χ3n) is 5.09. The summed E-state index contributed by atoms with van der Waals surface area (Å²) in [5.74, 6) is 0.104. The number of nitro groups is 1. The van der Waals surface area contributed by atoms with E-state index in [1.165, 1.54) is 28.9 Å². The Morgan fingerprint density at radius 3 is 2.67 bits per heavy atom. The van der Waals surface area contributed by atoms with E-state index in [9.17, 15) is 23.7 Å². The lowest BCUT2D eigenvalue weighted by Gasteiger charge is -2.11. The van der Waals surface area contributed by atoms with Crippen LogP contribution in [-0.4, -0.2) is 20.6 Å². The molecule has 0 atom stereocenters. The number of carbonyl (C=O) groups is 1. The van der Waals surface area contributed by atoms with Gasteiger partial charge in [-0.1, -0.05) is 11.6 Å². The van der Waals surface area contributed by atoms with Gasteiger partial charge in [0.25, 0.3) is 12.1 Å². The van der Waals surface area contributed by atoms with Crippen molar-refractivity contribution in [1.82, 2.24) is 9.78 Å². The number of aryl methyl sites for hydroxylation is 1. The van der Waals surface area contributed by atoms with Gasteiger partial charge in [0.1, 0.15) is 23.7 Å². The Kier molecular flexibility index (Phi) is 6.28. The number of anilines is 1. The van der Waals surface area contributed by atoms with Crippen molar-refractivity contribution in [2.75, 3.05) is 5.32 Å². The maximum absolute atomic E-state index is 13.1. The second-order valence-electron chi connectivity index (χ2n) is 7.76. The third kappa shape index (κ3) is 5.46. The van der Waals surface area contributed by atoms with Crippen molar-refractivity contribution in [3.05, 3.63) is 74.6 Å². The maximum Gasteiger partial charge on any atom is 0.282 e. The van der Waals surface area contributed by atoms with Crippen LogP contribution in [-0.2, 0) is 11.3 Å².